The highest BCUT2D eigenvalue weighted by Crippen LogP contribution is 2.37. The molecule has 8 heteroatoms. The Morgan fingerprint density at radius 3 is 2.52 bits per heavy atom. The molecule has 0 bridgehead atoms. The van der Waals surface area contributed by atoms with Crippen LogP contribution in [0.25, 0.3) is 22.0 Å². The first-order valence-corrected chi connectivity index (χ1v) is 9.02. The van der Waals surface area contributed by atoms with Crippen molar-refractivity contribution >= 4 is 16.7 Å². The van der Waals surface area contributed by atoms with E-state index in [-0.39, 0.29) is 35.2 Å². The van der Waals surface area contributed by atoms with E-state index in [1.54, 1.807) is 18.2 Å². The van der Waals surface area contributed by atoms with Gasteiger partial charge in [0, 0.05) is 16.6 Å². The fourth-order valence-electron chi connectivity index (χ4n) is 3.76. The summed E-state index contributed by atoms with van der Waals surface area (Å²) in [5.74, 6) is -0.711. The zero-order valence-electron chi connectivity index (χ0n) is 15.1. The van der Waals surface area contributed by atoms with Crippen LogP contribution in [0.1, 0.15) is 23.5 Å². The lowest BCUT2D eigenvalue weighted by Gasteiger charge is -2.14. The van der Waals surface area contributed by atoms with E-state index in [1.807, 2.05) is 0 Å². The zero-order chi connectivity index (χ0) is 20.8. The zero-order valence-corrected chi connectivity index (χ0v) is 15.1. The molecule has 2 heterocycles. The largest absolute Gasteiger partial charge is 0.417 e. The van der Waals surface area contributed by atoms with Gasteiger partial charge in [-0.1, -0.05) is 30.3 Å². The third kappa shape index (κ3) is 3.51. The number of pyridine rings is 1. The molecular formula is C21H17F3N2O3. The van der Waals surface area contributed by atoms with E-state index in [2.05, 4.69) is 10.3 Å². The molecule has 1 aliphatic heterocycles. The predicted octanol–water partition coefficient (Wildman–Crippen LogP) is 3.18. The number of hydrogen-bond donors (Lipinski definition) is 3. The molecule has 3 aromatic rings. The fraction of sp³-hybridized carbons (Fsp3) is 0.238. The van der Waals surface area contributed by atoms with Crippen LogP contribution >= 0.6 is 0 Å². The number of aliphatic hydroxyl groups excluding tert-OH is 1. The van der Waals surface area contributed by atoms with Gasteiger partial charge < -0.3 is 15.4 Å². The van der Waals surface area contributed by atoms with Gasteiger partial charge in [-0.15, -0.1) is 0 Å². The summed E-state index contributed by atoms with van der Waals surface area (Å²) in [7, 11) is 0. The molecule has 1 aromatic heterocycles. The number of carbonyl (C=O) groups is 1. The average molecular weight is 402 g/mol. The van der Waals surface area contributed by atoms with Crippen molar-refractivity contribution in [2.75, 3.05) is 6.61 Å². The van der Waals surface area contributed by atoms with Gasteiger partial charge in [-0.05, 0) is 35.6 Å². The number of fused-ring (bicyclic) bond motifs is 1. The molecule has 1 amide bonds. The molecule has 0 radical (unpaired) electrons. The summed E-state index contributed by atoms with van der Waals surface area (Å²) >= 11 is 0. The first-order chi connectivity index (χ1) is 13.8. The summed E-state index contributed by atoms with van der Waals surface area (Å²) in [6.07, 6.45) is -4.14. The van der Waals surface area contributed by atoms with Crippen molar-refractivity contribution in [3.8, 4) is 11.3 Å². The highest BCUT2D eigenvalue weighted by molar-refractivity contribution is 5.90. The summed E-state index contributed by atoms with van der Waals surface area (Å²) in [6.45, 7) is -0.168. The first kappa shape index (κ1) is 19.2. The number of amides is 1. The van der Waals surface area contributed by atoms with Gasteiger partial charge in [0.25, 0.3) is 5.56 Å². The topological polar surface area (TPSA) is 82.2 Å². The van der Waals surface area contributed by atoms with Gasteiger partial charge in [0.1, 0.15) is 0 Å². The smallest absolute Gasteiger partial charge is 0.394 e. The Morgan fingerprint density at radius 2 is 1.83 bits per heavy atom. The molecule has 4 rings (SSSR count). The quantitative estimate of drug-likeness (QED) is 0.629. The molecule has 1 unspecified atom stereocenters. The summed E-state index contributed by atoms with van der Waals surface area (Å²) < 4.78 is 40.0. The number of benzene rings is 2. The minimum Gasteiger partial charge on any atom is -0.394 e. The molecule has 29 heavy (non-hydrogen) atoms. The van der Waals surface area contributed by atoms with Crippen molar-refractivity contribution in [1.82, 2.24) is 10.3 Å². The van der Waals surface area contributed by atoms with Gasteiger partial charge in [-0.3, -0.25) is 9.59 Å². The minimum atomic E-state index is -4.55. The average Bonchev–Trinajstić information content (AvgIpc) is 3.08. The molecule has 0 aliphatic carbocycles. The molecule has 2 aromatic carbocycles. The number of rotatable bonds is 3. The van der Waals surface area contributed by atoms with Crippen LogP contribution in [0, 0.1) is 0 Å². The molecule has 1 fully saturated rings. The lowest BCUT2D eigenvalue weighted by atomic mass is 9.93. The van der Waals surface area contributed by atoms with Crippen LogP contribution in [0.4, 0.5) is 13.2 Å². The standard InChI is InChI=1S/C21H17F3N2O3/c22-21(23,24)17-4-2-1-3-14(17)18-8-12-6-5-11(7-15(12)20(29)26-18)16-9-13(10-27)25-19(16)28/h1-8,13,16,27H,9-10H2,(H,25,28)(H,26,29)/t13?,16-/m1/s1. The number of carbonyl (C=O) groups excluding carboxylic acids is 1. The van der Waals surface area contributed by atoms with Crippen LogP contribution in [0.15, 0.2) is 53.3 Å². The van der Waals surface area contributed by atoms with Gasteiger partial charge in [0.15, 0.2) is 0 Å². The monoisotopic (exact) mass is 402 g/mol. The van der Waals surface area contributed by atoms with Crippen molar-refractivity contribution in [2.45, 2.75) is 24.6 Å². The second-order valence-corrected chi connectivity index (χ2v) is 7.08. The van der Waals surface area contributed by atoms with E-state index < -0.39 is 23.2 Å². The van der Waals surface area contributed by atoms with Crippen molar-refractivity contribution in [3.05, 3.63) is 70.0 Å². The highest BCUT2D eigenvalue weighted by atomic mass is 19.4. The Balaban J connectivity index is 1.79. The molecule has 1 saturated heterocycles. The van der Waals surface area contributed by atoms with Crippen molar-refractivity contribution in [3.63, 3.8) is 0 Å². The number of aliphatic hydroxyl groups is 1. The summed E-state index contributed by atoms with van der Waals surface area (Å²) in [5.41, 5.74) is -0.774. The van der Waals surface area contributed by atoms with Crippen LogP contribution in [-0.2, 0) is 11.0 Å². The molecule has 1 aliphatic rings. The van der Waals surface area contributed by atoms with Gasteiger partial charge >= 0.3 is 6.18 Å². The first-order valence-electron chi connectivity index (χ1n) is 9.02. The molecule has 0 saturated carbocycles. The van der Waals surface area contributed by atoms with Crippen LogP contribution in [0.5, 0.6) is 0 Å². The SMILES string of the molecule is O=C1NC(CO)C[C@@H]1c1ccc2cc(-c3ccccc3C(F)(F)F)[nH]c(=O)c2c1. The third-order valence-corrected chi connectivity index (χ3v) is 5.20. The van der Waals surface area contributed by atoms with Crippen LogP contribution < -0.4 is 10.9 Å². The van der Waals surface area contributed by atoms with E-state index in [4.69, 9.17) is 0 Å². The Hall–Kier alpha value is -3.13. The van der Waals surface area contributed by atoms with E-state index in [9.17, 15) is 27.9 Å². The Kier molecular flexibility index (Phi) is 4.66. The summed E-state index contributed by atoms with van der Waals surface area (Å²) in [4.78, 5) is 27.3. The Bertz CT molecular complexity index is 1150. The molecule has 5 nitrogen and oxygen atoms in total. The van der Waals surface area contributed by atoms with Crippen molar-refractivity contribution < 1.29 is 23.1 Å². The van der Waals surface area contributed by atoms with E-state index >= 15 is 0 Å². The third-order valence-electron chi connectivity index (χ3n) is 5.20. The lowest BCUT2D eigenvalue weighted by molar-refractivity contribution is -0.137. The maximum atomic E-state index is 13.3. The molecule has 0 spiro atoms. The Labute approximate surface area is 163 Å². The Morgan fingerprint density at radius 1 is 1.07 bits per heavy atom. The number of hydrogen-bond acceptors (Lipinski definition) is 3. The van der Waals surface area contributed by atoms with Gasteiger partial charge in [0.2, 0.25) is 5.91 Å². The highest BCUT2D eigenvalue weighted by Gasteiger charge is 2.34. The number of halogens is 3. The predicted molar refractivity (Wildman–Crippen MR) is 101 cm³/mol. The number of H-pyrrole nitrogens is 1. The van der Waals surface area contributed by atoms with Gasteiger partial charge in [0.05, 0.1) is 24.1 Å². The van der Waals surface area contributed by atoms with Crippen LogP contribution in [0.3, 0.4) is 0 Å². The molecule has 150 valence electrons. The normalized spacial score (nSPS) is 19.5. The van der Waals surface area contributed by atoms with Crippen LogP contribution in [-0.4, -0.2) is 28.6 Å². The molecule has 3 N–H and O–H groups in total. The second-order valence-electron chi connectivity index (χ2n) is 7.08. The second kappa shape index (κ2) is 7.04. The number of nitrogens with one attached hydrogen (secondary N) is 2. The van der Waals surface area contributed by atoms with Crippen LogP contribution in [0.2, 0.25) is 0 Å². The van der Waals surface area contributed by atoms with Crippen molar-refractivity contribution in [2.24, 2.45) is 0 Å². The fourth-order valence-corrected chi connectivity index (χ4v) is 3.76. The lowest BCUT2D eigenvalue weighted by Crippen LogP contribution is -2.28. The number of aromatic nitrogens is 1. The van der Waals surface area contributed by atoms with Gasteiger partial charge in [-0.2, -0.15) is 13.2 Å². The number of aromatic amines is 1. The molecule has 2 atom stereocenters. The van der Waals surface area contributed by atoms with E-state index in [0.717, 1.165) is 6.07 Å². The van der Waals surface area contributed by atoms with Gasteiger partial charge in [-0.25, -0.2) is 0 Å². The summed E-state index contributed by atoms with van der Waals surface area (Å²) in [6, 6.07) is 11.1. The summed E-state index contributed by atoms with van der Waals surface area (Å²) in [5, 5.41) is 12.7. The van der Waals surface area contributed by atoms with E-state index in [1.165, 1.54) is 24.3 Å². The van der Waals surface area contributed by atoms with Crippen molar-refractivity contribution in [1.29, 1.82) is 0 Å². The molecular weight excluding hydrogens is 385 g/mol. The minimum absolute atomic E-state index is 0.0714. The maximum absolute atomic E-state index is 13.3. The van der Waals surface area contributed by atoms with E-state index in [0.29, 0.717) is 17.4 Å². The number of alkyl halides is 3. The maximum Gasteiger partial charge on any atom is 0.417 e.